The maximum Gasteiger partial charge on any atom is 0.162 e. The number of fused-ring (bicyclic) bond motifs is 1. The average molecular weight is 397 g/mol. The highest BCUT2D eigenvalue weighted by atomic mass is 16.5. The van der Waals surface area contributed by atoms with Crippen LogP contribution in [-0.2, 0) is 16.9 Å². The zero-order chi connectivity index (χ0) is 21.8. The first-order chi connectivity index (χ1) is 13.4. The third kappa shape index (κ3) is 6.12. The molecule has 0 unspecified atom stereocenters. The summed E-state index contributed by atoms with van der Waals surface area (Å²) in [6.45, 7) is 14.6. The summed E-state index contributed by atoms with van der Waals surface area (Å²) in [6, 6.07) is 10.2. The van der Waals surface area contributed by atoms with Crippen LogP contribution < -0.4 is 5.73 Å². The standard InChI is InChI=1S/C12H16N4O.C11H16O/c1-7(17)8-5-16(12(2,3)4)11-9(8)10(13)14-6-15-11;1-11(2,3)12-9-10-7-5-4-6-8-10/h5-6H,1-4H3,(H2,13,14,15);4-8H,9H2,1-3H3. The SMILES string of the molecule is CC(=O)c1cn(C(C)(C)C)c2ncnc(N)c12.CC(C)(C)OCc1ccccc1. The molecule has 156 valence electrons. The third-order valence-corrected chi connectivity index (χ3v) is 4.23. The van der Waals surface area contributed by atoms with Crippen LogP contribution in [0.15, 0.2) is 42.9 Å². The summed E-state index contributed by atoms with van der Waals surface area (Å²) in [5.41, 5.74) is 8.14. The quantitative estimate of drug-likeness (QED) is 0.632. The van der Waals surface area contributed by atoms with Crippen molar-refractivity contribution in [3.63, 3.8) is 0 Å². The molecule has 2 N–H and O–H groups in total. The maximum atomic E-state index is 11.6. The summed E-state index contributed by atoms with van der Waals surface area (Å²) in [6.07, 6.45) is 3.22. The van der Waals surface area contributed by atoms with Crippen molar-refractivity contribution in [2.45, 2.75) is 66.2 Å². The van der Waals surface area contributed by atoms with Crippen LogP contribution in [0.3, 0.4) is 0 Å². The fourth-order valence-electron chi connectivity index (χ4n) is 2.74. The molecule has 0 aliphatic carbocycles. The summed E-state index contributed by atoms with van der Waals surface area (Å²) in [5, 5.41) is 0.648. The highest BCUT2D eigenvalue weighted by Gasteiger charge is 2.22. The highest BCUT2D eigenvalue weighted by Crippen LogP contribution is 2.28. The van der Waals surface area contributed by atoms with Gasteiger partial charge in [-0.25, -0.2) is 9.97 Å². The topological polar surface area (TPSA) is 83.0 Å². The molecule has 2 aromatic heterocycles. The van der Waals surface area contributed by atoms with E-state index in [0.29, 0.717) is 29.0 Å². The van der Waals surface area contributed by atoms with E-state index >= 15 is 0 Å². The van der Waals surface area contributed by atoms with Crippen molar-refractivity contribution in [3.05, 3.63) is 54.0 Å². The second-order valence-corrected chi connectivity index (χ2v) is 8.98. The normalized spacial score (nSPS) is 11.8. The Balaban J connectivity index is 0.000000221. The van der Waals surface area contributed by atoms with Gasteiger partial charge in [0.1, 0.15) is 17.8 Å². The Bertz CT molecular complexity index is 964. The van der Waals surface area contributed by atoms with E-state index in [0.717, 1.165) is 0 Å². The number of nitrogens with zero attached hydrogens (tertiary/aromatic N) is 3. The third-order valence-electron chi connectivity index (χ3n) is 4.23. The van der Waals surface area contributed by atoms with Crippen LogP contribution in [0.5, 0.6) is 0 Å². The molecular weight excluding hydrogens is 364 g/mol. The summed E-state index contributed by atoms with van der Waals surface area (Å²) < 4.78 is 7.57. The van der Waals surface area contributed by atoms with Crippen molar-refractivity contribution in [1.82, 2.24) is 14.5 Å². The average Bonchev–Trinajstić information content (AvgIpc) is 3.03. The minimum atomic E-state index is -0.160. The summed E-state index contributed by atoms with van der Waals surface area (Å²) in [4.78, 5) is 19.8. The number of carbonyl (C=O) groups is 1. The molecule has 6 nitrogen and oxygen atoms in total. The smallest absolute Gasteiger partial charge is 0.162 e. The molecular formula is C23H32N4O2. The number of ketones is 1. The zero-order valence-electron chi connectivity index (χ0n) is 18.5. The number of nitrogens with two attached hydrogens (primary N) is 1. The number of rotatable bonds is 3. The van der Waals surface area contributed by atoms with Gasteiger partial charge >= 0.3 is 0 Å². The molecule has 3 aromatic rings. The molecule has 0 atom stereocenters. The lowest BCUT2D eigenvalue weighted by atomic mass is 10.1. The Hall–Kier alpha value is -2.73. The van der Waals surface area contributed by atoms with E-state index < -0.39 is 0 Å². The number of hydrogen-bond acceptors (Lipinski definition) is 5. The van der Waals surface area contributed by atoms with Gasteiger partial charge in [-0.2, -0.15) is 0 Å². The molecule has 0 radical (unpaired) electrons. The highest BCUT2D eigenvalue weighted by molar-refractivity contribution is 6.09. The molecule has 6 heteroatoms. The fourth-order valence-corrected chi connectivity index (χ4v) is 2.74. The number of ether oxygens (including phenoxy) is 1. The Kier molecular flexibility index (Phi) is 6.80. The van der Waals surface area contributed by atoms with E-state index in [1.54, 1.807) is 6.20 Å². The van der Waals surface area contributed by atoms with Crippen LogP contribution in [0.25, 0.3) is 11.0 Å². The summed E-state index contributed by atoms with van der Waals surface area (Å²) in [5.74, 6) is 0.322. The number of carbonyl (C=O) groups excluding carboxylic acids is 1. The van der Waals surface area contributed by atoms with E-state index in [-0.39, 0.29) is 16.9 Å². The van der Waals surface area contributed by atoms with Gasteiger partial charge < -0.3 is 15.0 Å². The largest absolute Gasteiger partial charge is 0.383 e. The van der Waals surface area contributed by atoms with Crippen molar-refractivity contribution in [1.29, 1.82) is 0 Å². The summed E-state index contributed by atoms with van der Waals surface area (Å²) >= 11 is 0. The number of benzene rings is 1. The number of Topliss-reactive ketones (excluding diaryl/α,β-unsaturated/α-hetero) is 1. The van der Waals surface area contributed by atoms with Gasteiger partial charge in [0.25, 0.3) is 0 Å². The molecule has 1 aromatic carbocycles. The van der Waals surface area contributed by atoms with Crippen LogP contribution in [0, 0.1) is 0 Å². The van der Waals surface area contributed by atoms with Crippen LogP contribution in [0.4, 0.5) is 5.82 Å². The molecule has 0 saturated carbocycles. The number of anilines is 1. The first kappa shape index (κ1) is 22.6. The van der Waals surface area contributed by atoms with Gasteiger partial charge in [-0.3, -0.25) is 4.79 Å². The lowest BCUT2D eigenvalue weighted by molar-refractivity contribution is -0.0149. The van der Waals surface area contributed by atoms with Gasteiger partial charge in [0, 0.05) is 17.3 Å². The van der Waals surface area contributed by atoms with E-state index in [2.05, 4.69) is 63.6 Å². The Morgan fingerprint density at radius 3 is 2.21 bits per heavy atom. The second kappa shape index (κ2) is 8.74. The van der Waals surface area contributed by atoms with Gasteiger partial charge in [-0.05, 0) is 54.0 Å². The zero-order valence-corrected chi connectivity index (χ0v) is 18.5. The Morgan fingerprint density at radius 2 is 1.69 bits per heavy atom. The van der Waals surface area contributed by atoms with Gasteiger partial charge in [-0.15, -0.1) is 0 Å². The van der Waals surface area contributed by atoms with Gasteiger partial charge in [0.15, 0.2) is 5.78 Å². The Labute approximate surface area is 173 Å². The van der Waals surface area contributed by atoms with Crippen LogP contribution in [0.1, 0.15) is 64.4 Å². The molecule has 0 saturated heterocycles. The monoisotopic (exact) mass is 396 g/mol. The van der Waals surface area contributed by atoms with E-state index in [4.69, 9.17) is 10.5 Å². The molecule has 2 heterocycles. The van der Waals surface area contributed by atoms with E-state index in [1.807, 2.05) is 22.8 Å². The van der Waals surface area contributed by atoms with Crippen molar-refractivity contribution in [2.24, 2.45) is 0 Å². The van der Waals surface area contributed by atoms with Crippen molar-refractivity contribution >= 4 is 22.6 Å². The molecule has 3 rings (SSSR count). The first-order valence-electron chi connectivity index (χ1n) is 9.71. The van der Waals surface area contributed by atoms with Gasteiger partial charge in [-0.1, -0.05) is 30.3 Å². The minimum absolute atomic E-state index is 0.0282. The summed E-state index contributed by atoms with van der Waals surface area (Å²) in [7, 11) is 0. The lowest BCUT2D eigenvalue weighted by Gasteiger charge is -2.21. The molecule has 29 heavy (non-hydrogen) atoms. The van der Waals surface area contributed by atoms with Crippen molar-refractivity contribution in [3.8, 4) is 0 Å². The molecule has 0 bridgehead atoms. The lowest BCUT2D eigenvalue weighted by Crippen LogP contribution is -2.21. The Morgan fingerprint density at radius 1 is 1.07 bits per heavy atom. The van der Waals surface area contributed by atoms with Crippen molar-refractivity contribution < 1.29 is 9.53 Å². The predicted molar refractivity (Wildman–Crippen MR) is 118 cm³/mol. The van der Waals surface area contributed by atoms with Gasteiger partial charge in [0.2, 0.25) is 0 Å². The first-order valence-corrected chi connectivity index (χ1v) is 9.71. The molecule has 0 spiro atoms. The minimum Gasteiger partial charge on any atom is -0.383 e. The van der Waals surface area contributed by atoms with Crippen molar-refractivity contribution in [2.75, 3.05) is 5.73 Å². The van der Waals surface area contributed by atoms with E-state index in [1.165, 1.54) is 18.8 Å². The van der Waals surface area contributed by atoms with E-state index in [9.17, 15) is 4.79 Å². The van der Waals surface area contributed by atoms with Gasteiger partial charge in [0.05, 0.1) is 17.6 Å². The number of nitrogen functional groups attached to an aromatic ring is 1. The maximum absolute atomic E-state index is 11.6. The fraction of sp³-hybridized carbons (Fsp3) is 0.435. The van der Waals surface area contributed by atoms with Crippen LogP contribution in [-0.4, -0.2) is 25.9 Å². The van der Waals surface area contributed by atoms with Crippen LogP contribution >= 0.6 is 0 Å². The molecule has 0 aliphatic heterocycles. The number of aromatic nitrogens is 3. The molecule has 0 fully saturated rings. The molecule has 0 amide bonds. The predicted octanol–water partition coefficient (Wildman–Crippen LogP) is 4.97. The molecule has 0 aliphatic rings. The number of hydrogen-bond donors (Lipinski definition) is 1. The van der Waals surface area contributed by atoms with Crippen LogP contribution in [0.2, 0.25) is 0 Å². The second-order valence-electron chi connectivity index (χ2n) is 8.98.